The molecule has 0 spiro atoms. The lowest BCUT2D eigenvalue weighted by Crippen LogP contribution is -1.81. The molecule has 0 saturated carbocycles. The second-order valence-corrected chi connectivity index (χ2v) is 2.30. The zero-order valence-corrected chi connectivity index (χ0v) is 6.17. The van der Waals surface area contributed by atoms with Crippen LogP contribution >= 0.6 is 0 Å². The van der Waals surface area contributed by atoms with Crippen molar-refractivity contribution in [1.82, 2.24) is 0 Å². The third-order valence-corrected chi connectivity index (χ3v) is 1.58. The van der Waals surface area contributed by atoms with Gasteiger partial charge in [0.15, 0.2) is 0 Å². The fourth-order valence-corrected chi connectivity index (χ4v) is 0.960. The maximum atomic E-state index is 9.29. The molecule has 1 aliphatic rings. The van der Waals surface area contributed by atoms with E-state index in [0.717, 1.165) is 18.4 Å². The Labute approximate surface area is 61.4 Å². The van der Waals surface area contributed by atoms with Crippen LogP contribution in [-0.2, 0) is 0 Å². The summed E-state index contributed by atoms with van der Waals surface area (Å²) in [7, 11) is 0. The van der Waals surface area contributed by atoms with E-state index in [0.29, 0.717) is 5.76 Å². The number of allylic oxidation sites excluding steroid dienone is 5. The molecule has 0 aliphatic heterocycles. The Morgan fingerprint density at radius 3 is 2.80 bits per heavy atom. The van der Waals surface area contributed by atoms with Crippen LogP contribution in [0, 0.1) is 0 Å². The van der Waals surface area contributed by atoms with Crippen LogP contribution in [0.5, 0.6) is 0 Å². The minimum absolute atomic E-state index is 0.413. The molecule has 1 N–H and O–H groups in total. The van der Waals surface area contributed by atoms with Crippen molar-refractivity contribution >= 4 is 0 Å². The van der Waals surface area contributed by atoms with Crippen LogP contribution in [0.3, 0.4) is 0 Å². The van der Waals surface area contributed by atoms with E-state index >= 15 is 0 Å². The van der Waals surface area contributed by atoms with Crippen LogP contribution < -0.4 is 0 Å². The van der Waals surface area contributed by atoms with E-state index < -0.39 is 0 Å². The van der Waals surface area contributed by atoms with Crippen molar-refractivity contribution in [2.45, 2.75) is 19.8 Å². The fraction of sp³-hybridized carbons (Fsp3) is 0.333. The third kappa shape index (κ3) is 1.50. The Hall–Kier alpha value is -0.980. The lowest BCUT2D eigenvalue weighted by atomic mass is 10.1. The van der Waals surface area contributed by atoms with Gasteiger partial charge in [-0.1, -0.05) is 25.2 Å². The molecule has 0 radical (unpaired) electrons. The molecule has 0 unspecified atom stereocenters. The molecule has 1 nitrogen and oxygen atoms in total. The molecular formula is C9H12O. The summed E-state index contributed by atoms with van der Waals surface area (Å²) in [6.07, 6.45) is 9.57. The Morgan fingerprint density at radius 2 is 2.10 bits per heavy atom. The van der Waals surface area contributed by atoms with Crippen molar-refractivity contribution in [3.8, 4) is 0 Å². The molecule has 1 rings (SSSR count). The quantitative estimate of drug-likeness (QED) is 0.587. The molecule has 0 saturated heterocycles. The van der Waals surface area contributed by atoms with Gasteiger partial charge in [-0.15, -0.1) is 0 Å². The average molecular weight is 136 g/mol. The predicted molar refractivity (Wildman–Crippen MR) is 42.8 cm³/mol. The molecule has 54 valence electrons. The molecule has 0 heterocycles. The van der Waals surface area contributed by atoms with Gasteiger partial charge in [-0.25, -0.2) is 0 Å². The van der Waals surface area contributed by atoms with E-state index in [1.165, 1.54) is 0 Å². The monoisotopic (exact) mass is 136 g/mol. The summed E-state index contributed by atoms with van der Waals surface area (Å²) in [5.41, 5.74) is 1.02. The number of hydrogen-bond acceptors (Lipinski definition) is 1. The first-order chi connectivity index (χ1) is 4.84. The molecule has 1 aliphatic carbocycles. The molecule has 1 heteroatoms. The summed E-state index contributed by atoms with van der Waals surface area (Å²) in [6, 6.07) is 0. The lowest BCUT2D eigenvalue weighted by molar-refractivity contribution is 0.425. The van der Waals surface area contributed by atoms with Gasteiger partial charge in [0, 0.05) is 0 Å². The smallest absolute Gasteiger partial charge is 0.118 e. The van der Waals surface area contributed by atoms with Crippen LogP contribution in [0.1, 0.15) is 19.8 Å². The summed E-state index contributed by atoms with van der Waals surface area (Å²) in [4.78, 5) is 0. The summed E-state index contributed by atoms with van der Waals surface area (Å²) >= 11 is 0. The van der Waals surface area contributed by atoms with Gasteiger partial charge in [-0.05, 0) is 24.5 Å². The average Bonchev–Trinajstić information content (AvgIpc) is 2.13. The van der Waals surface area contributed by atoms with Gasteiger partial charge in [-0.2, -0.15) is 0 Å². The Kier molecular flexibility index (Phi) is 2.32. The second-order valence-electron chi connectivity index (χ2n) is 2.30. The van der Waals surface area contributed by atoms with E-state index in [9.17, 15) is 5.11 Å². The molecule has 0 atom stereocenters. The number of hydrogen-bond donors (Lipinski definition) is 1. The minimum Gasteiger partial charge on any atom is -0.508 e. The van der Waals surface area contributed by atoms with E-state index in [1.807, 2.05) is 19.1 Å². The highest BCUT2D eigenvalue weighted by Gasteiger charge is 1.97. The normalized spacial score (nSPS) is 17.7. The second kappa shape index (κ2) is 3.25. The standard InChI is InChI=1S/C9H12O/c1-2-8-6-4-3-5-7-9(8)10/h4-7,10H,2-3H2,1H3. The molecule has 0 bridgehead atoms. The molecule has 0 aromatic rings. The SMILES string of the molecule is CCC1=C(O)C=CCC=C1. The number of aliphatic hydroxyl groups excluding tert-OH is 1. The molecular weight excluding hydrogens is 124 g/mol. The molecule has 0 amide bonds. The first-order valence-electron chi connectivity index (χ1n) is 3.59. The summed E-state index contributed by atoms with van der Waals surface area (Å²) in [6.45, 7) is 2.04. The molecule has 10 heavy (non-hydrogen) atoms. The van der Waals surface area contributed by atoms with Gasteiger partial charge in [0.05, 0.1) is 0 Å². The fourth-order valence-electron chi connectivity index (χ4n) is 0.960. The molecule has 0 fully saturated rings. The summed E-state index contributed by atoms with van der Waals surface area (Å²) < 4.78 is 0. The maximum absolute atomic E-state index is 9.29. The summed E-state index contributed by atoms with van der Waals surface area (Å²) in [5, 5.41) is 9.29. The van der Waals surface area contributed by atoms with Gasteiger partial charge in [0.1, 0.15) is 5.76 Å². The van der Waals surface area contributed by atoms with Crippen molar-refractivity contribution in [3.05, 3.63) is 35.6 Å². The maximum Gasteiger partial charge on any atom is 0.118 e. The van der Waals surface area contributed by atoms with Gasteiger partial charge in [0.25, 0.3) is 0 Å². The molecule has 0 aromatic heterocycles. The largest absolute Gasteiger partial charge is 0.508 e. The Balaban J connectivity index is 2.88. The zero-order chi connectivity index (χ0) is 7.40. The van der Waals surface area contributed by atoms with Crippen LogP contribution in [0.15, 0.2) is 35.6 Å². The van der Waals surface area contributed by atoms with Crippen LogP contribution in [-0.4, -0.2) is 5.11 Å². The minimum atomic E-state index is 0.413. The first kappa shape index (κ1) is 7.13. The van der Waals surface area contributed by atoms with Gasteiger partial charge < -0.3 is 5.11 Å². The van der Waals surface area contributed by atoms with Gasteiger partial charge in [0.2, 0.25) is 0 Å². The Morgan fingerprint density at radius 1 is 1.40 bits per heavy atom. The highest BCUT2D eigenvalue weighted by molar-refractivity contribution is 5.30. The molecule has 0 aromatic carbocycles. The van der Waals surface area contributed by atoms with Gasteiger partial charge >= 0.3 is 0 Å². The van der Waals surface area contributed by atoms with Crippen LogP contribution in [0.25, 0.3) is 0 Å². The number of rotatable bonds is 1. The van der Waals surface area contributed by atoms with Crippen molar-refractivity contribution in [2.24, 2.45) is 0 Å². The van der Waals surface area contributed by atoms with Crippen molar-refractivity contribution in [2.75, 3.05) is 0 Å². The topological polar surface area (TPSA) is 20.2 Å². The van der Waals surface area contributed by atoms with E-state index in [1.54, 1.807) is 6.08 Å². The predicted octanol–water partition coefficient (Wildman–Crippen LogP) is 2.72. The van der Waals surface area contributed by atoms with E-state index in [-0.39, 0.29) is 0 Å². The lowest BCUT2D eigenvalue weighted by Gasteiger charge is -1.96. The van der Waals surface area contributed by atoms with Crippen molar-refractivity contribution < 1.29 is 5.11 Å². The Bertz CT molecular complexity index is 197. The highest BCUT2D eigenvalue weighted by atomic mass is 16.3. The summed E-state index contributed by atoms with van der Waals surface area (Å²) in [5.74, 6) is 0.413. The van der Waals surface area contributed by atoms with E-state index in [2.05, 4.69) is 6.08 Å². The number of aliphatic hydroxyl groups is 1. The van der Waals surface area contributed by atoms with Gasteiger partial charge in [-0.3, -0.25) is 0 Å². The highest BCUT2D eigenvalue weighted by Crippen LogP contribution is 2.12. The first-order valence-corrected chi connectivity index (χ1v) is 3.59. The van der Waals surface area contributed by atoms with Crippen LogP contribution in [0.2, 0.25) is 0 Å². The van der Waals surface area contributed by atoms with Crippen molar-refractivity contribution in [3.63, 3.8) is 0 Å². The van der Waals surface area contributed by atoms with E-state index in [4.69, 9.17) is 0 Å². The van der Waals surface area contributed by atoms with Crippen molar-refractivity contribution in [1.29, 1.82) is 0 Å². The third-order valence-electron chi connectivity index (χ3n) is 1.58. The zero-order valence-electron chi connectivity index (χ0n) is 6.17. The van der Waals surface area contributed by atoms with Crippen LogP contribution in [0.4, 0.5) is 0 Å².